The van der Waals surface area contributed by atoms with Gasteiger partial charge in [-0.25, -0.2) is 4.39 Å². The lowest BCUT2D eigenvalue weighted by Crippen LogP contribution is -2.38. The summed E-state index contributed by atoms with van der Waals surface area (Å²) in [6, 6.07) is 5.07. The number of nitrogens with zero attached hydrogens (tertiary/aromatic N) is 2. The Morgan fingerprint density at radius 3 is 2.33 bits per heavy atom. The Morgan fingerprint density at radius 1 is 1.22 bits per heavy atom. The lowest BCUT2D eigenvalue weighted by atomic mass is 9.92. The Morgan fingerprint density at radius 2 is 1.81 bits per heavy atom. The minimum absolute atomic E-state index is 0.103. The minimum atomic E-state index is -0.681. The van der Waals surface area contributed by atoms with Crippen molar-refractivity contribution in [2.75, 3.05) is 26.2 Å². The summed E-state index contributed by atoms with van der Waals surface area (Å²) in [6.07, 6.45) is 0.244. The van der Waals surface area contributed by atoms with Gasteiger partial charge in [0.2, 0.25) is 0 Å². The summed E-state index contributed by atoms with van der Waals surface area (Å²) in [4.78, 5) is 29.2. The molecule has 1 aromatic rings. The molecule has 1 amide bonds. The number of likely N-dealkylation sites (N-methyl/N-ethyl adjacent to an activating group) is 1. The van der Waals surface area contributed by atoms with E-state index in [0.29, 0.717) is 18.7 Å². The number of amides is 1. The van der Waals surface area contributed by atoms with E-state index in [1.807, 2.05) is 27.7 Å². The number of rotatable bonds is 9. The molecule has 5 nitrogen and oxygen atoms in total. The number of aliphatic hydroxyl groups excluding tert-OH is 1. The normalized spacial score (nSPS) is 17.5. The van der Waals surface area contributed by atoms with Crippen LogP contribution < -0.4 is 0 Å². The zero-order valence-corrected chi connectivity index (χ0v) is 16.5. The second-order valence-corrected chi connectivity index (χ2v) is 7.26. The Balaban J connectivity index is 2.39. The summed E-state index contributed by atoms with van der Waals surface area (Å²) in [5.41, 5.74) is 0.750. The van der Waals surface area contributed by atoms with Gasteiger partial charge in [-0.15, -0.1) is 0 Å². The number of benzene rings is 1. The standard InChI is InChI=1S/C21H29FN2O3/c1-5-23(6-2)11-12-24-19(15-7-9-16(22)10-8-15)18(20(26)21(24)27)17(25)13-14(3)4/h7-10,14,19,26H,5-6,11-13H2,1-4H3. The zero-order chi connectivity index (χ0) is 20.1. The Labute approximate surface area is 160 Å². The fourth-order valence-electron chi connectivity index (χ4n) is 3.43. The van der Waals surface area contributed by atoms with Crippen LogP contribution in [0, 0.1) is 11.7 Å². The lowest BCUT2D eigenvalue weighted by Gasteiger charge is -2.29. The van der Waals surface area contributed by atoms with Crippen LogP contribution in [0.1, 0.15) is 45.7 Å². The van der Waals surface area contributed by atoms with Gasteiger partial charge in [0.1, 0.15) is 5.82 Å². The summed E-state index contributed by atoms with van der Waals surface area (Å²) >= 11 is 0. The third-order valence-electron chi connectivity index (χ3n) is 4.94. The molecule has 0 aliphatic carbocycles. The van der Waals surface area contributed by atoms with E-state index in [9.17, 15) is 19.1 Å². The molecule has 0 fully saturated rings. The van der Waals surface area contributed by atoms with E-state index in [1.165, 1.54) is 17.0 Å². The smallest absolute Gasteiger partial charge is 0.290 e. The topological polar surface area (TPSA) is 60.9 Å². The summed E-state index contributed by atoms with van der Waals surface area (Å²) < 4.78 is 13.4. The number of hydrogen-bond donors (Lipinski definition) is 1. The molecular formula is C21H29FN2O3. The van der Waals surface area contributed by atoms with Crippen LogP contribution in [-0.4, -0.2) is 52.8 Å². The van der Waals surface area contributed by atoms with Crippen LogP contribution in [0.15, 0.2) is 35.6 Å². The number of hydrogen-bond acceptors (Lipinski definition) is 4. The van der Waals surface area contributed by atoms with Gasteiger partial charge in [0.05, 0.1) is 11.6 Å². The van der Waals surface area contributed by atoms with Gasteiger partial charge in [0.25, 0.3) is 5.91 Å². The van der Waals surface area contributed by atoms with Crippen molar-refractivity contribution in [3.8, 4) is 0 Å². The molecule has 1 aliphatic heterocycles. The quantitative estimate of drug-likeness (QED) is 0.717. The molecule has 1 aromatic carbocycles. The Kier molecular flexibility index (Phi) is 7.13. The Bertz CT molecular complexity index is 709. The van der Waals surface area contributed by atoms with Crippen molar-refractivity contribution >= 4 is 11.7 Å². The second kappa shape index (κ2) is 9.13. The summed E-state index contributed by atoms with van der Waals surface area (Å²) in [6.45, 7) is 10.6. The van der Waals surface area contributed by atoms with Gasteiger partial charge < -0.3 is 14.9 Å². The molecule has 0 bridgehead atoms. The summed E-state index contributed by atoms with van der Waals surface area (Å²) in [5, 5.41) is 10.5. The van der Waals surface area contributed by atoms with Crippen LogP contribution in [0.2, 0.25) is 0 Å². The van der Waals surface area contributed by atoms with E-state index < -0.39 is 17.7 Å². The maximum atomic E-state index is 13.4. The molecule has 1 N–H and O–H groups in total. The van der Waals surface area contributed by atoms with Crippen molar-refractivity contribution in [1.82, 2.24) is 9.80 Å². The molecule has 0 radical (unpaired) electrons. The molecule has 27 heavy (non-hydrogen) atoms. The first-order valence-corrected chi connectivity index (χ1v) is 9.55. The van der Waals surface area contributed by atoms with Gasteiger partial charge in [-0.05, 0) is 36.7 Å². The largest absolute Gasteiger partial charge is 0.503 e. The maximum absolute atomic E-state index is 13.4. The number of aliphatic hydroxyl groups is 1. The second-order valence-electron chi connectivity index (χ2n) is 7.26. The molecular weight excluding hydrogens is 347 g/mol. The number of Topliss-reactive ketones (excluding diaryl/α,β-unsaturated/α-hetero) is 1. The van der Waals surface area contributed by atoms with E-state index >= 15 is 0 Å². The SMILES string of the molecule is CCN(CC)CCN1C(=O)C(O)=C(C(=O)CC(C)C)C1c1ccc(F)cc1. The van der Waals surface area contributed by atoms with Crippen molar-refractivity contribution in [3.05, 3.63) is 47.0 Å². The van der Waals surface area contributed by atoms with Crippen LogP contribution in [0.3, 0.4) is 0 Å². The molecule has 0 spiro atoms. The third-order valence-corrected chi connectivity index (χ3v) is 4.94. The lowest BCUT2D eigenvalue weighted by molar-refractivity contribution is -0.129. The Hall–Kier alpha value is -2.21. The van der Waals surface area contributed by atoms with Crippen LogP contribution in [0.4, 0.5) is 4.39 Å². The molecule has 148 valence electrons. The zero-order valence-electron chi connectivity index (χ0n) is 16.5. The number of ketones is 1. The number of carbonyl (C=O) groups excluding carboxylic acids is 2. The van der Waals surface area contributed by atoms with Gasteiger partial charge in [-0.1, -0.05) is 39.8 Å². The number of carbonyl (C=O) groups is 2. The summed E-state index contributed by atoms with van der Waals surface area (Å²) in [5.74, 6) is -1.54. The fourth-order valence-corrected chi connectivity index (χ4v) is 3.43. The number of halogens is 1. The van der Waals surface area contributed by atoms with E-state index in [4.69, 9.17) is 0 Å². The van der Waals surface area contributed by atoms with Crippen molar-refractivity contribution in [3.63, 3.8) is 0 Å². The van der Waals surface area contributed by atoms with E-state index in [2.05, 4.69) is 4.90 Å². The van der Waals surface area contributed by atoms with E-state index in [1.54, 1.807) is 12.1 Å². The molecule has 2 rings (SSSR count). The third kappa shape index (κ3) is 4.75. The highest BCUT2D eigenvalue weighted by atomic mass is 19.1. The first-order valence-electron chi connectivity index (χ1n) is 9.55. The van der Waals surface area contributed by atoms with Crippen molar-refractivity contribution < 1.29 is 19.1 Å². The van der Waals surface area contributed by atoms with Gasteiger partial charge in [-0.3, -0.25) is 9.59 Å². The monoisotopic (exact) mass is 376 g/mol. The molecule has 0 aromatic heterocycles. The first-order chi connectivity index (χ1) is 12.8. The summed E-state index contributed by atoms with van der Waals surface area (Å²) in [7, 11) is 0. The first kappa shape index (κ1) is 21.1. The average Bonchev–Trinajstić information content (AvgIpc) is 2.87. The van der Waals surface area contributed by atoms with Crippen molar-refractivity contribution in [1.29, 1.82) is 0 Å². The van der Waals surface area contributed by atoms with Crippen molar-refractivity contribution in [2.24, 2.45) is 5.92 Å². The van der Waals surface area contributed by atoms with Gasteiger partial charge in [0, 0.05) is 19.5 Å². The minimum Gasteiger partial charge on any atom is -0.503 e. The van der Waals surface area contributed by atoms with Crippen LogP contribution in [0.25, 0.3) is 0 Å². The predicted octanol–water partition coefficient (Wildman–Crippen LogP) is 3.48. The van der Waals surface area contributed by atoms with Crippen molar-refractivity contribution in [2.45, 2.75) is 40.2 Å². The molecule has 1 atom stereocenters. The highest BCUT2D eigenvalue weighted by molar-refractivity contribution is 6.09. The highest BCUT2D eigenvalue weighted by Gasteiger charge is 2.43. The van der Waals surface area contributed by atoms with Gasteiger partial charge in [-0.2, -0.15) is 0 Å². The van der Waals surface area contributed by atoms with Crippen LogP contribution >= 0.6 is 0 Å². The predicted molar refractivity (Wildman–Crippen MR) is 103 cm³/mol. The molecule has 0 saturated carbocycles. The molecule has 6 heteroatoms. The molecule has 1 unspecified atom stereocenters. The average molecular weight is 376 g/mol. The highest BCUT2D eigenvalue weighted by Crippen LogP contribution is 2.38. The molecule has 0 saturated heterocycles. The van der Waals surface area contributed by atoms with Crippen LogP contribution in [-0.2, 0) is 9.59 Å². The van der Waals surface area contributed by atoms with E-state index in [0.717, 1.165) is 13.1 Å². The van der Waals surface area contributed by atoms with E-state index in [-0.39, 0.29) is 29.5 Å². The fraction of sp³-hybridized carbons (Fsp3) is 0.524. The molecule has 1 aliphatic rings. The molecule has 1 heterocycles. The van der Waals surface area contributed by atoms with Crippen LogP contribution in [0.5, 0.6) is 0 Å². The van der Waals surface area contributed by atoms with Gasteiger partial charge in [0.15, 0.2) is 11.5 Å². The maximum Gasteiger partial charge on any atom is 0.290 e. The van der Waals surface area contributed by atoms with Gasteiger partial charge >= 0.3 is 0 Å².